The minimum atomic E-state index is -1.12. The van der Waals surface area contributed by atoms with Gasteiger partial charge in [-0.1, -0.05) is 0 Å². The van der Waals surface area contributed by atoms with Gasteiger partial charge in [0.1, 0.15) is 11.8 Å². The molecule has 0 saturated carbocycles. The number of halogens is 1. The molecule has 0 aliphatic carbocycles. The lowest BCUT2D eigenvalue weighted by molar-refractivity contribution is -0.138. The Morgan fingerprint density at radius 1 is 1.26 bits per heavy atom. The van der Waals surface area contributed by atoms with Crippen molar-refractivity contribution in [3.8, 4) is 11.5 Å². The van der Waals surface area contributed by atoms with Crippen molar-refractivity contribution in [3.05, 3.63) is 22.5 Å². The summed E-state index contributed by atoms with van der Waals surface area (Å²) in [5.41, 5.74) is 6.85. The van der Waals surface area contributed by atoms with Crippen LogP contribution in [0.3, 0.4) is 0 Å². The maximum Gasteiger partial charge on any atom is 0.320 e. The van der Waals surface area contributed by atoms with E-state index in [1.807, 2.05) is 0 Å². The number of hydrogen-bond donors (Lipinski definition) is 2. The fourth-order valence-electron chi connectivity index (χ4n) is 2.04. The van der Waals surface area contributed by atoms with Crippen LogP contribution in [0.15, 0.2) is 0 Å². The van der Waals surface area contributed by atoms with E-state index < -0.39 is 17.8 Å². The van der Waals surface area contributed by atoms with E-state index >= 15 is 0 Å². The Kier molecular flexibility index (Phi) is 4.72. The Labute approximate surface area is 111 Å². The van der Waals surface area contributed by atoms with Crippen molar-refractivity contribution in [2.75, 3.05) is 14.2 Å². The van der Waals surface area contributed by atoms with Crippen LogP contribution in [-0.2, 0) is 11.2 Å². The van der Waals surface area contributed by atoms with Crippen LogP contribution in [0, 0.1) is 19.7 Å². The molecule has 0 radical (unpaired) electrons. The molecule has 0 bridgehead atoms. The van der Waals surface area contributed by atoms with Gasteiger partial charge >= 0.3 is 5.97 Å². The molecule has 0 aromatic heterocycles. The van der Waals surface area contributed by atoms with Crippen LogP contribution in [0.4, 0.5) is 4.39 Å². The van der Waals surface area contributed by atoms with E-state index in [9.17, 15) is 9.18 Å². The van der Waals surface area contributed by atoms with Crippen molar-refractivity contribution in [3.63, 3.8) is 0 Å². The highest BCUT2D eigenvalue weighted by atomic mass is 19.1. The molecule has 6 heteroatoms. The lowest BCUT2D eigenvalue weighted by Crippen LogP contribution is -2.32. The average Bonchev–Trinajstić information content (AvgIpc) is 2.36. The Balaban J connectivity index is 3.43. The minimum absolute atomic E-state index is 0.0435. The second-order valence-corrected chi connectivity index (χ2v) is 4.26. The zero-order valence-electron chi connectivity index (χ0n) is 11.4. The third-order valence-electron chi connectivity index (χ3n) is 3.09. The number of hydrogen-bond acceptors (Lipinski definition) is 4. The van der Waals surface area contributed by atoms with E-state index in [1.54, 1.807) is 13.8 Å². The van der Waals surface area contributed by atoms with E-state index in [0.29, 0.717) is 16.9 Å². The number of carbonyl (C=O) groups is 1. The van der Waals surface area contributed by atoms with Gasteiger partial charge < -0.3 is 20.3 Å². The third-order valence-corrected chi connectivity index (χ3v) is 3.09. The molecule has 5 nitrogen and oxygen atoms in total. The smallest absolute Gasteiger partial charge is 0.320 e. The predicted octanol–water partition coefficient (Wildman–Crippen LogP) is 1.41. The highest BCUT2D eigenvalue weighted by Crippen LogP contribution is 2.37. The summed E-state index contributed by atoms with van der Waals surface area (Å²) < 4.78 is 24.2. The molecule has 1 atom stereocenters. The first-order valence-corrected chi connectivity index (χ1v) is 5.73. The molecule has 1 aromatic rings. The van der Waals surface area contributed by atoms with Gasteiger partial charge in [0.05, 0.1) is 14.2 Å². The standard InChI is InChI=1S/C13H18FNO4/c1-6-8(5-9(15)13(16)17)11(18-3)7(2)10(14)12(6)19-4/h9H,5,15H2,1-4H3,(H,16,17). The number of benzene rings is 1. The highest BCUT2D eigenvalue weighted by molar-refractivity contribution is 5.74. The molecule has 0 aliphatic rings. The van der Waals surface area contributed by atoms with Gasteiger partial charge in [0.25, 0.3) is 0 Å². The molecule has 0 fully saturated rings. The van der Waals surface area contributed by atoms with Crippen molar-refractivity contribution >= 4 is 5.97 Å². The maximum atomic E-state index is 14.0. The molecule has 106 valence electrons. The Morgan fingerprint density at radius 2 is 1.79 bits per heavy atom. The van der Waals surface area contributed by atoms with E-state index in [4.69, 9.17) is 20.3 Å². The summed E-state index contributed by atoms with van der Waals surface area (Å²) in [5.74, 6) is -1.23. The number of nitrogens with two attached hydrogens (primary N) is 1. The monoisotopic (exact) mass is 271 g/mol. The van der Waals surface area contributed by atoms with Gasteiger partial charge in [-0.15, -0.1) is 0 Å². The molecule has 0 heterocycles. The van der Waals surface area contributed by atoms with E-state index in [0.717, 1.165) is 0 Å². The van der Waals surface area contributed by atoms with Gasteiger partial charge in [0, 0.05) is 23.1 Å². The van der Waals surface area contributed by atoms with E-state index in [2.05, 4.69) is 0 Å². The minimum Gasteiger partial charge on any atom is -0.496 e. The highest BCUT2D eigenvalue weighted by Gasteiger charge is 2.24. The molecule has 19 heavy (non-hydrogen) atoms. The molecule has 0 spiro atoms. The Hall–Kier alpha value is -1.82. The summed E-state index contributed by atoms with van der Waals surface area (Å²) in [6, 6.07) is -1.08. The van der Waals surface area contributed by atoms with Crippen LogP contribution < -0.4 is 15.2 Å². The van der Waals surface area contributed by atoms with Crippen molar-refractivity contribution in [1.29, 1.82) is 0 Å². The maximum absolute atomic E-state index is 14.0. The Morgan fingerprint density at radius 3 is 2.21 bits per heavy atom. The second kappa shape index (κ2) is 5.88. The Bertz CT molecular complexity index is 502. The predicted molar refractivity (Wildman–Crippen MR) is 68.3 cm³/mol. The molecule has 0 saturated heterocycles. The molecule has 0 aliphatic heterocycles. The number of ether oxygens (including phenoxy) is 2. The van der Waals surface area contributed by atoms with Crippen LogP contribution in [0.25, 0.3) is 0 Å². The lowest BCUT2D eigenvalue weighted by Gasteiger charge is -2.19. The molecule has 1 rings (SSSR count). The van der Waals surface area contributed by atoms with Gasteiger partial charge in [-0.2, -0.15) is 0 Å². The SMILES string of the molecule is COc1c(C)c(CC(N)C(=O)O)c(OC)c(C)c1F. The molecule has 1 unspecified atom stereocenters. The number of methoxy groups -OCH3 is 2. The summed E-state index contributed by atoms with van der Waals surface area (Å²) in [5, 5.41) is 8.88. The topological polar surface area (TPSA) is 81.8 Å². The summed E-state index contributed by atoms with van der Waals surface area (Å²) in [4.78, 5) is 10.8. The van der Waals surface area contributed by atoms with Crippen LogP contribution in [0.2, 0.25) is 0 Å². The summed E-state index contributed by atoms with van der Waals surface area (Å²) in [7, 11) is 2.77. The number of carboxylic acids is 1. The summed E-state index contributed by atoms with van der Waals surface area (Å²) >= 11 is 0. The van der Waals surface area contributed by atoms with Gasteiger partial charge in [-0.3, -0.25) is 4.79 Å². The van der Waals surface area contributed by atoms with Crippen LogP contribution >= 0.6 is 0 Å². The summed E-state index contributed by atoms with van der Waals surface area (Å²) in [6.07, 6.45) is 0.0435. The van der Waals surface area contributed by atoms with Crippen molar-refractivity contribution in [2.24, 2.45) is 5.73 Å². The van der Waals surface area contributed by atoms with Crippen molar-refractivity contribution in [1.82, 2.24) is 0 Å². The summed E-state index contributed by atoms with van der Waals surface area (Å²) in [6.45, 7) is 3.19. The molecule has 0 amide bonds. The zero-order valence-corrected chi connectivity index (χ0v) is 11.4. The second-order valence-electron chi connectivity index (χ2n) is 4.26. The molecule has 3 N–H and O–H groups in total. The largest absolute Gasteiger partial charge is 0.496 e. The van der Waals surface area contributed by atoms with Gasteiger partial charge in [-0.25, -0.2) is 4.39 Å². The fraction of sp³-hybridized carbons (Fsp3) is 0.462. The third kappa shape index (κ3) is 2.78. The van der Waals surface area contributed by atoms with Gasteiger partial charge in [0.2, 0.25) is 0 Å². The first-order valence-electron chi connectivity index (χ1n) is 5.73. The number of aliphatic carboxylic acids is 1. The molecule has 1 aromatic carbocycles. The van der Waals surface area contributed by atoms with E-state index in [1.165, 1.54) is 14.2 Å². The lowest BCUT2D eigenvalue weighted by atomic mass is 9.96. The first kappa shape index (κ1) is 15.2. The van der Waals surface area contributed by atoms with Crippen LogP contribution in [0.1, 0.15) is 16.7 Å². The average molecular weight is 271 g/mol. The van der Waals surface area contributed by atoms with Gasteiger partial charge in [0.15, 0.2) is 11.6 Å². The number of carboxylic acid groups (broad SMARTS) is 1. The quantitative estimate of drug-likeness (QED) is 0.846. The fourth-order valence-corrected chi connectivity index (χ4v) is 2.04. The van der Waals surface area contributed by atoms with Crippen LogP contribution in [-0.4, -0.2) is 31.3 Å². The van der Waals surface area contributed by atoms with Gasteiger partial charge in [-0.05, 0) is 13.8 Å². The molecular weight excluding hydrogens is 253 g/mol. The normalized spacial score (nSPS) is 12.1. The first-order chi connectivity index (χ1) is 8.84. The van der Waals surface area contributed by atoms with Crippen LogP contribution in [0.5, 0.6) is 11.5 Å². The van der Waals surface area contributed by atoms with Crippen molar-refractivity contribution in [2.45, 2.75) is 26.3 Å². The van der Waals surface area contributed by atoms with Crippen molar-refractivity contribution < 1.29 is 23.8 Å². The zero-order chi connectivity index (χ0) is 14.7. The number of rotatable bonds is 5. The van der Waals surface area contributed by atoms with E-state index in [-0.39, 0.29) is 17.7 Å². The molecular formula is C13H18FNO4.